The maximum absolute atomic E-state index is 12.2. The maximum atomic E-state index is 12.2. The molecule has 2 saturated heterocycles. The molecule has 22 heavy (non-hydrogen) atoms. The maximum Gasteiger partial charge on any atom is 0.432 e. The van der Waals surface area contributed by atoms with Crippen molar-refractivity contribution in [3.63, 3.8) is 0 Å². The second-order valence-corrected chi connectivity index (χ2v) is 7.13. The molecule has 0 aliphatic carbocycles. The van der Waals surface area contributed by atoms with E-state index in [-0.39, 0.29) is 18.9 Å². The van der Waals surface area contributed by atoms with E-state index >= 15 is 0 Å². The van der Waals surface area contributed by atoms with Gasteiger partial charge in [-0.25, -0.2) is 4.79 Å². The highest BCUT2D eigenvalue weighted by atomic mass is 16.7. The van der Waals surface area contributed by atoms with Crippen molar-refractivity contribution in [3.05, 3.63) is 5.21 Å². The first-order valence-corrected chi connectivity index (χ1v) is 7.35. The number of piperidine rings is 1. The Labute approximate surface area is 129 Å². The van der Waals surface area contributed by atoms with Gasteiger partial charge in [0.05, 0.1) is 0 Å². The summed E-state index contributed by atoms with van der Waals surface area (Å²) in [6.07, 6.45) is 0.176. The van der Waals surface area contributed by atoms with Crippen LogP contribution in [0.5, 0.6) is 0 Å². The Hall–Kier alpha value is -1.67. The molecule has 2 aliphatic heterocycles. The van der Waals surface area contributed by atoms with Crippen LogP contribution in [0.4, 0.5) is 4.79 Å². The fraction of sp³-hybridized carbons (Fsp3) is 0.786. The van der Waals surface area contributed by atoms with Gasteiger partial charge in [0.25, 0.3) is 11.8 Å². The number of carbonyl (C=O) groups excluding carboxylic acids is 3. The average Bonchev–Trinajstić information content (AvgIpc) is 2.67. The van der Waals surface area contributed by atoms with Gasteiger partial charge < -0.3 is 20.4 Å². The smallest absolute Gasteiger partial charge is 0.432 e. The predicted octanol–water partition coefficient (Wildman–Crippen LogP) is 1.30. The highest BCUT2D eigenvalue weighted by molar-refractivity contribution is 6.01. The zero-order valence-corrected chi connectivity index (χ0v) is 13.3. The Morgan fingerprint density at radius 1 is 1.14 bits per heavy atom. The van der Waals surface area contributed by atoms with Gasteiger partial charge in [0, 0.05) is 30.0 Å². The normalized spacial score (nSPS) is 25.4. The Morgan fingerprint density at radius 2 is 1.59 bits per heavy atom. The molecule has 0 aromatic carbocycles. The summed E-state index contributed by atoms with van der Waals surface area (Å²) in [4.78, 5) is 39.5. The van der Waals surface area contributed by atoms with Crippen molar-refractivity contribution in [3.8, 4) is 0 Å². The van der Waals surface area contributed by atoms with E-state index in [1.54, 1.807) is 0 Å². The number of hydroxylamine groups is 4. The van der Waals surface area contributed by atoms with E-state index in [1.165, 1.54) is 0 Å². The fourth-order valence-corrected chi connectivity index (χ4v) is 3.30. The first-order valence-electron chi connectivity index (χ1n) is 7.35. The lowest BCUT2D eigenvalue weighted by Gasteiger charge is -2.59. The summed E-state index contributed by atoms with van der Waals surface area (Å²) in [5.74, 6) is -1.04. The molecule has 3 amide bonds. The summed E-state index contributed by atoms with van der Waals surface area (Å²) in [5, 5.41) is 16.4. The molecular weight excluding hydrogens is 290 g/mol. The van der Waals surface area contributed by atoms with Gasteiger partial charge in [0.1, 0.15) is 0 Å². The Balaban J connectivity index is 1.97. The topological polar surface area (TPSA) is 102 Å². The second kappa shape index (κ2) is 5.51. The molecule has 0 saturated carbocycles. The van der Waals surface area contributed by atoms with Crippen molar-refractivity contribution in [2.75, 3.05) is 0 Å². The first kappa shape index (κ1) is 16.7. The Morgan fingerprint density at radius 3 is 2.05 bits per heavy atom. The number of rotatable bonds is 2. The minimum Gasteiger partial charge on any atom is -0.784 e. The third-order valence-corrected chi connectivity index (χ3v) is 4.09. The molecular formula is C14H22N3O5-. The van der Waals surface area contributed by atoms with Gasteiger partial charge in [-0.2, -0.15) is 0 Å². The van der Waals surface area contributed by atoms with Crippen LogP contribution in [0.1, 0.15) is 53.4 Å². The molecule has 0 bridgehead atoms. The Bertz CT molecular complexity index is 469. The summed E-state index contributed by atoms with van der Waals surface area (Å²) in [6.45, 7) is 7.26. The van der Waals surface area contributed by atoms with Gasteiger partial charge in [-0.15, -0.1) is 5.06 Å². The molecule has 0 unspecified atom stereocenters. The number of nitrogens with one attached hydrogen (secondary N) is 1. The van der Waals surface area contributed by atoms with E-state index in [9.17, 15) is 19.6 Å². The van der Waals surface area contributed by atoms with Crippen LogP contribution in [0.3, 0.4) is 0 Å². The van der Waals surface area contributed by atoms with Gasteiger partial charge >= 0.3 is 6.09 Å². The number of amides is 3. The molecule has 1 N–H and O–H groups in total. The van der Waals surface area contributed by atoms with Crippen LogP contribution < -0.4 is 5.32 Å². The summed E-state index contributed by atoms with van der Waals surface area (Å²) < 4.78 is 0. The molecule has 0 spiro atoms. The van der Waals surface area contributed by atoms with Crippen molar-refractivity contribution in [1.82, 2.24) is 15.4 Å². The zero-order valence-electron chi connectivity index (χ0n) is 13.3. The predicted molar refractivity (Wildman–Crippen MR) is 77.1 cm³/mol. The molecule has 124 valence electrons. The molecule has 8 heteroatoms. The van der Waals surface area contributed by atoms with E-state index < -0.39 is 29.0 Å². The van der Waals surface area contributed by atoms with Gasteiger partial charge in [0.2, 0.25) is 0 Å². The van der Waals surface area contributed by atoms with Gasteiger partial charge in [-0.05, 0) is 40.5 Å². The first-order chi connectivity index (χ1) is 10.0. The van der Waals surface area contributed by atoms with Crippen LogP contribution in [0.15, 0.2) is 0 Å². The molecule has 0 aromatic heterocycles. The van der Waals surface area contributed by atoms with E-state index in [0.717, 1.165) is 5.06 Å². The lowest BCUT2D eigenvalue weighted by Crippen LogP contribution is -2.62. The molecule has 2 heterocycles. The summed E-state index contributed by atoms with van der Waals surface area (Å²) >= 11 is 0. The van der Waals surface area contributed by atoms with E-state index in [2.05, 4.69) is 5.32 Å². The van der Waals surface area contributed by atoms with Gasteiger partial charge in [-0.1, -0.05) is 0 Å². The standard InChI is InChI=1S/C14H22N3O5/c1-13(2)7-9(8-14(3,4)17(13)21)15-12(20)22-16-10(18)5-6-11(16)19/h9H,5-8H2,1-4H3,(H,15,20)/q-1. The molecule has 2 fully saturated rings. The van der Waals surface area contributed by atoms with Crippen LogP contribution in [0.25, 0.3) is 0 Å². The van der Waals surface area contributed by atoms with Crippen molar-refractivity contribution >= 4 is 17.9 Å². The SMILES string of the molecule is CC1(C)CC(NC(=O)ON2C(=O)CCC2=O)CC(C)(C)N1[O-]. The van der Waals surface area contributed by atoms with E-state index in [0.29, 0.717) is 17.9 Å². The van der Waals surface area contributed by atoms with Crippen molar-refractivity contribution in [1.29, 1.82) is 0 Å². The lowest BCUT2D eigenvalue weighted by atomic mass is 9.79. The molecule has 0 aromatic rings. The highest BCUT2D eigenvalue weighted by Gasteiger charge is 2.41. The summed E-state index contributed by atoms with van der Waals surface area (Å²) in [7, 11) is 0. The third-order valence-electron chi connectivity index (χ3n) is 4.09. The van der Waals surface area contributed by atoms with Crippen molar-refractivity contribution in [2.45, 2.75) is 70.5 Å². The minimum absolute atomic E-state index is 0.0563. The second-order valence-electron chi connectivity index (χ2n) is 7.13. The number of nitrogens with zero attached hydrogens (tertiary/aromatic N) is 2. The number of hydrogen-bond acceptors (Lipinski definition) is 6. The fourth-order valence-electron chi connectivity index (χ4n) is 3.30. The number of hydrogen-bond donors (Lipinski definition) is 1. The number of carbonyl (C=O) groups is 3. The van der Waals surface area contributed by atoms with E-state index in [4.69, 9.17) is 4.84 Å². The molecule has 8 nitrogen and oxygen atoms in total. The van der Waals surface area contributed by atoms with Crippen molar-refractivity contribution in [2.24, 2.45) is 0 Å². The summed E-state index contributed by atoms with van der Waals surface area (Å²) in [6, 6.07) is -0.268. The third kappa shape index (κ3) is 3.22. The van der Waals surface area contributed by atoms with Gasteiger partial charge in [0.15, 0.2) is 0 Å². The van der Waals surface area contributed by atoms with Crippen LogP contribution >= 0.6 is 0 Å². The number of imide groups is 1. The van der Waals surface area contributed by atoms with Crippen LogP contribution in [-0.4, -0.2) is 45.2 Å². The monoisotopic (exact) mass is 312 g/mol. The molecule has 2 rings (SSSR count). The highest BCUT2D eigenvalue weighted by Crippen LogP contribution is 2.37. The van der Waals surface area contributed by atoms with Crippen LogP contribution in [0, 0.1) is 5.21 Å². The quantitative estimate of drug-likeness (QED) is 0.771. The van der Waals surface area contributed by atoms with Crippen molar-refractivity contribution < 1.29 is 19.2 Å². The lowest BCUT2D eigenvalue weighted by molar-refractivity contribution is -0.171. The molecule has 2 aliphatic rings. The Kier molecular flexibility index (Phi) is 4.18. The summed E-state index contributed by atoms with van der Waals surface area (Å²) in [5.41, 5.74) is -1.25. The van der Waals surface area contributed by atoms with Crippen LogP contribution in [-0.2, 0) is 14.4 Å². The van der Waals surface area contributed by atoms with E-state index in [1.807, 2.05) is 27.7 Å². The molecule has 0 radical (unpaired) electrons. The zero-order chi connectivity index (χ0) is 16.7. The van der Waals surface area contributed by atoms with Gasteiger partial charge in [-0.3, -0.25) is 9.59 Å². The largest absolute Gasteiger partial charge is 0.784 e. The van der Waals surface area contributed by atoms with Crippen LogP contribution in [0.2, 0.25) is 0 Å². The minimum atomic E-state index is -0.848. The molecule has 0 atom stereocenters. The average molecular weight is 312 g/mol.